The van der Waals surface area contributed by atoms with Crippen molar-refractivity contribution >= 4 is 17.4 Å². The minimum Gasteiger partial charge on any atom is -0.325 e. The number of anilines is 1. The van der Waals surface area contributed by atoms with E-state index in [0.29, 0.717) is 12.1 Å². The van der Waals surface area contributed by atoms with Gasteiger partial charge in [-0.15, -0.1) is 0 Å². The third-order valence-electron chi connectivity index (χ3n) is 4.09. The number of benzene rings is 1. The number of rotatable bonds is 4. The molecule has 4 heteroatoms. The van der Waals surface area contributed by atoms with E-state index in [-0.39, 0.29) is 17.6 Å². The summed E-state index contributed by atoms with van der Waals surface area (Å²) in [5.41, 5.74) is 8.38. The molecule has 0 bridgehead atoms. The molecule has 0 fully saturated rings. The molecule has 1 aromatic carbocycles. The highest BCUT2D eigenvalue weighted by molar-refractivity contribution is 6.01. The predicted octanol–water partition coefficient (Wildman–Crippen LogP) is 2.52. The van der Waals surface area contributed by atoms with Gasteiger partial charge in [-0.25, -0.2) is 0 Å². The molecule has 0 radical (unpaired) electrons. The number of Topliss-reactive ketones (excluding diaryl/α,β-unsaturated/α-hetero) is 1. The van der Waals surface area contributed by atoms with Gasteiger partial charge in [0.15, 0.2) is 5.78 Å². The van der Waals surface area contributed by atoms with Gasteiger partial charge in [-0.3, -0.25) is 9.59 Å². The standard InChI is InChI=1S/C16H22N2O2/c1-3-10(2)15(17)16(20)18-12-8-7-11-5-4-6-14(19)13(11)9-12/h7-10,15H,3-6,17H2,1-2H3,(H,18,20). The Morgan fingerprint density at radius 1 is 1.40 bits per heavy atom. The zero-order valence-corrected chi connectivity index (χ0v) is 12.1. The highest BCUT2D eigenvalue weighted by Gasteiger charge is 2.21. The summed E-state index contributed by atoms with van der Waals surface area (Å²) in [6.45, 7) is 3.97. The van der Waals surface area contributed by atoms with Crippen LogP contribution in [-0.2, 0) is 11.2 Å². The van der Waals surface area contributed by atoms with Crippen molar-refractivity contribution in [1.82, 2.24) is 0 Å². The third-order valence-corrected chi connectivity index (χ3v) is 4.09. The molecular formula is C16H22N2O2. The lowest BCUT2D eigenvalue weighted by molar-refractivity contribution is -0.118. The lowest BCUT2D eigenvalue weighted by Crippen LogP contribution is -2.40. The summed E-state index contributed by atoms with van der Waals surface area (Å²) in [7, 11) is 0. The molecule has 1 aliphatic rings. The van der Waals surface area contributed by atoms with Gasteiger partial charge in [0.25, 0.3) is 0 Å². The van der Waals surface area contributed by atoms with E-state index in [1.807, 2.05) is 26.0 Å². The second kappa shape index (κ2) is 6.18. The average molecular weight is 274 g/mol. The number of aryl methyl sites for hydroxylation is 1. The summed E-state index contributed by atoms with van der Waals surface area (Å²) < 4.78 is 0. The molecule has 0 saturated carbocycles. The highest BCUT2D eigenvalue weighted by Crippen LogP contribution is 2.24. The van der Waals surface area contributed by atoms with Crippen LogP contribution in [0, 0.1) is 5.92 Å². The van der Waals surface area contributed by atoms with Crippen molar-refractivity contribution < 1.29 is 9.59 Å². The molecular weight excluding hydrogens is 252 g/mol. The second-order valence-electron chi connectivity index (χ2n) is 5.55. The fourth-order valence-electron chi connectivity index (χ4n) is 2.44. The number of carbonyl (C=O) groups is 2. The maximum atomic E-state index is 12.0. The average Bonchev–Trinajstić information content (AvgIpc) is 2.46. The summed E-state index contributed by atoms with van der Waals surface area (Å²) in [5, 5.41) is 2.81. The lowest BCUT2D eigenvalue weighted by atomic mass is 9.90. The van der Waals surface area contributed by atoms with Crippen LogP contribution < -0.4 is 11.1 Å². The zero-order valence-electron chi connectivity index (χ0n) is 12.1. The molecule has 4 nitrogen and oxygen atoms in total. The largest absolute Gasteiger partial charge is 0.325 e. The number of amides is 1. The number of hydrogen-bond donors (Lipinski definition) is 2. The van der Waals surface area contributed by atoms with Crippen LogP contribution in [0.2, 0.25) is 0 Å². The number of hydrogen-bond acceptors (Lipinski definition) is 3. The minimum atomic E-state index is -0.522. The van der Waals surface area contributed by atoms with Crippen molar-refractivity contribution in [2.45, 2.75) is 45.6 Å². The molecule has 0 heterocycles. The Balaban J connectivity index is 2.13. The Morgan fingerprint density at radius 2 is 2.15 bits per heavy atom. The molecule has 108 valence electrons. The van der Waals surface area contributed by atoms with Crippen LogP contribution in [-0.4, -0.2) is 17.7 Å². The Bertz CT molecular complexity index is 525. The first-order valence-electron chi connectivity index (χ1n) is 7.25. The van der Waals surface area contributed by atoms with Gasteiger partial charge >= 0.3 is 0 Å². The molecule has 1 aliphatic carbocycles. The van der Waals surface area contributed by atoms with Gasteiger partial charge in [-0.1, -0.05) is 26.3 Å². The number of nitrogens with one attached hydrogen (secondary N) is 1. The minimum absolute atomic E-state index is 0.134. The summed E-state index contributed by atoms with van der Waals surface area (Å²) >= 11 is 0. The van der Waals surface area contributed by atoms with Crippen LogP contribution in [0.25, 0.3) is 0 Å². The normalized spacial score (nSPS) is 17.2. The van der Waals surface area contributed by atoms with Crippen LogP contribution in [0.3, 0.4) is 0 Å². The molecule has 1 amide bonds. The van der Waals surface area contributed by atoms with E-state index in [9.17, 15) is 9.59 Å². The first kappa shape index (κ1) is 14.7. The van der Waals surface area contributed by atoms with Crippen molar-refractivity contribution in [2.24, 2.45) is 11.7 Å². The van der Waals surface area contributed by atoms with Gasteiger partial charge in [-0.05, 0) is 36.5 Å². The molecule has 1 aromatic rings. The van der Waals surface area contributed by atoms with Crippen LogP contribution in [0.15, 0.2) is 18.2 Å². The number of carbonyl (C=O) groups excluding carboxylic acids is 2. The third kappa shape index (κ3) is 3.07. The van der Waals surface area contributed by atoms with E-state index in [0.717, 1.165) is 30.4 Å². The monoisotopic (exact) mass is 274 g/mol. The van der Waals surface area contributed by atoms with Gasteiger partial charge in [0.1, 0.15) is 0 Å². The van der Waals surface area contributed by atoms with E-state index in [1.54, 1.807) is 6.07 Å². The molecule has 2 rings (SSSR count). The first-order chi connectivity index (χ1) is 9.52. The van der Waals surface area contributed by atoms with Crippen molar-refractivity contribution in [3.05, 3.63) is 29.3 Å². The molecule has 0 spiro atoms. The van der Waals surface area contributed by atoms with Crippen LogP contribution in [0.1, 0.15) is 49.0 Å². The molecule has 3 N–H and O–H groups in total. The first-order valence-corrected chi connectivity index (χ1v) is 7.25. The Morgan fingerprint density at radius 3 is 2.85 bits per heavy atom. The van der Waals surface area contributed by atoms with E-state index in [1.165, 1.54) is 0 Å². The van der Waals surface area contributed by atoms with Gasteiger partial charge in [0, 0.05) is 17.7 Å². The molecule has 2 unspecified atom stereocenters. The molecule has 20 heavy (non-hydrogen) atoms. The van der Waals surface area contributed by atoms with Crippen LogP contribution in [0.5, 0.6) is 0 Å². The maximum Gasteiger partial charge on any atom is 0.241 e. The quantitative estimate of drug-likeness (QED) is 0.886. The van der Waals surface area contributed by atoms with Gasteiger partial charge < -0.3 is 11.1 Å². The molecule has 0 aliphatic heterocycles. The van der Waals surface area contributed by atoms with E-state index in [2.05, 4.69) is 5.32 Å². The van der Waals surface area contributed by atoms with Crippen LogP contribution in [0.4, 0.5) is 5.69 Å². The summed E-state index contributed by atoms with van der Waals surface area (Å²) in [6.07, 6.45) is 3.30. The zero-order chi connectivity index (χ0) is 14.7. The molecule has 0 aromatic heterocycles. The molecule has 0 saturated heterocycles. The lowest BCUT2D eigenvalue weighted by Gasteiger charge is -2.19. The van der Waals surface area contributed by atoms with Gasteiger partial charge in [0.2, 0.25) is 5.91 Å². The van der Waals surface area contributed by atoms with Gasteiger partial charge in [0.05, 0.1) is 6.04 Å². The van der Waals surface area contributed by atoms with Crippen molar-refractivity contribution in [3.63, 3.8) is 0 Å². The van der Waals surface area contributed by atoms with Crippen LogP contribution >= 0.6 is 0 Å². The number of fused-ring (bicyclic) bond motifs is 1. The maximum absolute atomic E-state index is 12.0. The van der Waals surface area contributed by atoms with Crippen molar-refractivity contribution in [3.8, 4) is 0 Å². The predicted molar refractivity (Wildman–Crippen MR) is 79.8 cm³/mol. The summed E-state index contributed by atoms with van der Waals surface area (Å²) in [6, 6.07) is 5.03. The summed E-state index contributed by atoms with van der Waals surface area (Å²) in [5.74, 6) is 0.102. The fraction of sp³-hybridized carbons (Fsp3) is 0.500. The molecule has 2 atom stereocenters. The van der Waals surface area contributed by atoms with Crippen molar-refractivity contribution in [2.75, 3.05) is 5.32 Å². The highest BCUT2D eigenvalue weighted by atomic mass is 16.2. The SMILES string of the molecule is CCC(C)C(N)C(=O)Nc1ccc2c(c1)C(=O)CCC2. The Kier molecular flexibility index (Phi) is 4.55. The topological polar surface area (TPSA) is 72.2 Å². The fourth-order valence-corrected chi connectivity index (χ4v) is 2.44. The smallest absolute Gasteiger partial charge is 0.241 e. The number of ketones is 1. The Hall–Kier alpha value is -1.68. The van der Waals surface area contributed by atoms with Gasteiger partial charge in [-0.2, -0.15) is 0 Å². The number of nitrogens with two attached hydrogens (primary N) is 1. The summed E-state index contributed by atoms with van der Waals surface area (Å²) in [4.78, 5) is 23.9. The Labute approximate surface area is 119 Å². The second-order valence-corrected chi connectivity index (χ2v) is 5.55. The van der Waals surface area contributed by atoms with E-state index < -0.39 is 6.04 Å². The van der Waals surface area contributed by atoms with E-state index >= 15 is 0 Å². The van der Waals surface area contributed by atoms with E-state index in [4.69, 9.17) is 5.73 Å². The van der Waals surface area contributed by atoms with Crippen molar-refractivity contribution in [1.29, 1.82) is 0 Å².